The molecular formula is C32H33F6N7O5. The molecule has 1 aromatic carbocycles. The van der Waals surface area contributed by atoms with Gasteiger partial charge in [0.25, 0.3) is 11.5 Å². The zero-order chi connectivity index (χ0) is 36.0. The minimum absolute atomic E-state index is 0.00155. The third-order valence-electron chi connectivity index (χ3n) is 9.18. The Labute approximate surface area is 281 Å². The van der Waals surface area contributed by atoms with Crippen LogP contribution in [-0.2, 0) is 33.2 Å². The lowest BCUT2D eigenvalue weighted by Gasteiger charge is -2.46. The Hall–Kier alpha value is -4.87. The number of aromatic nitrogens is 3. The van der Waals surface area contributed by atoms with Gasteiger partial charge in [0.2, 0.25) is 5.91 Å². The Morgan fingerprint density at radius 1 is 0.960 bits per heavy atom. The van der Waals surface area contributed by atoms with Gasteiger partial charge in [0, 0.05) is 32.9 Å². The van der Waals surface area contributed by atoms with Crippen LogP contribution in [0.1, 0.15) is 29.5 Å². The number of nitrogens with zero attached hydrogens (tertiary/aromatic N) is 7. The normalized spacial score (nSPS) is 19.2. The minimum Gasteiger partial charge on any atom is -0.497 e. The Balaban J connectivity index is 1.04. The number of methoxy groups -OCH3 is 1. The van der Waals surface area contributed by atoms with Gasteiger partial charge < -0.3 is 29.1 Å². The highest BCUT2D eigenvalue weighted by Crippen LogP contribution is 2.40. The van der Waals surface area contributed by atoms with Crippen LogP contribution in [0.2, 0.25) is 0 Å². The maximum absolute atomic E-state index is 14.2. The highest BCUT2D eigenvalue weighted by molar-refractivity contribution is 6.05. The Kier molecular flexibility index (Phi) is 9.41. The van der Waals surface area contributed by atoms with Crippen LogP contribution in [0.4, 0.5) is 43.5 Å². The predicted octanol–water partition coefficient (Wildman–Crippen LogP) is 3.41. The molecule has 0 radical (unpaired) electrons. The number of hydrogen-bond donors (Lipinski definition) is 0. The summed E-state index contributed by atoms with van der Waals surface area (Å²) in [4.78, 5) is 48.8. The molecule has 2 aromatic heterocycles. The first kappa shape index (κ1) is 35.0. The highest BCUT2D eigenvalue weighted by Gasteiger charge is 2.44. The van der Waals surface area contributed by atoms with Gasteiger partial charge in [-0.15, -0.1) is 0 Å². The molecule has 2 atom stereocenters. The molecule has 18 heteroatoms. The van der Waals surface area contributed by atoms with Crippen molar-refractivity contribution in [2.24, 2.45) is 0 Å². The minimum atomic E-state index is -4.94. The summed E-state index contributed by atoms with van der Waals surface area (Å²) in [6, 6.07) is 6.09. The van der Waals surface area contributed by atoms with Crippen molar-refractivity contribution in [3.63, 3.8) is 0 Å². The van der Waals surface area contributed by atoms with Gasteiger partial charge in [0.05, 0.1) is 69.0 Å². The van der Waals surface area contributed by atoms with Crippen LogP contribution in [0.25, 0.3) is 0 Å². The van der Waals surface area contributed by atoms with E-state index in [4.69, 9.17) is 9.47 Å². The second-order valence-electron chi connectivity index (χ2n) is 12.2. The zero-order valence-corrected chi connectivity index (χ0v) is 27.0. The average molecular weight is 710 g/mol. The fourth-order valence-corrected chi connectivity index (χ4v) is 6.33. The number of carbonyl (C=O) groups excluding carboxylic acids is 2. The number of amides is 2. The summed E-state index contributed by atoms with van der Waals surface area (Å²) in [5, 5.41) is 4.02. The second kappa shape index (κ2) is 13.4. The lowest BCUT2D eigenvalue weighted by Crippen LogP contribution is -2.63. The van der Waals surface area contributed by atoms with Gasteiger partial charge in [-0.05, 0) is 30.2 Å². The Bertz CT molecular complexity index is 1820. The number of benzene rings is 1. The molecule has 0 saturated carbocycles. The van der Waals surface area contributed by atoms with Crippen molar-refractivity contribution in [1.29, 1.82) is 0 Å². The number of ether oxygens (including phenoxy) is 2. The summed E-state index contributed by atoms with van der Waals surface area (Å²) in [6.45, 7) is 0.416. The number of fused-ring (bicyclic) bond motifs is 3. The molecule has 5 heterocycles. The predicted molar refractivity (Wildman–Crippen MR) is 167 cm³/mol. The quantitative estimate of drug-likeness (QED) is 0.244. The van der Waals surface area contributed by atoms with Gasteiger partial charge in [0.1, 0.15) is 17.4 Å². The monoisotopic (exact) mass is 709 g/mol. The van der Waals surface area contributed by atoms with Crippen molar-refractivity contribution in [2.75, 3.05) is 68.2 Å². The van der Waals surface area contributed by atoms with Crippen molar-refractivity contribution >= 4 is 29.0 Å². The summed E-state index contributed by atoms with van der Waals surface area (Å²) < 4.78 is 93.9. The van der Waals surface area contributed by atoms with Crippen LogP contribution in [0.5, 0.6) is 5.75 Å². The van der Waals surface area contributed by atoms with E-state index < -0.39 is 47.0 Å². The van der Waals surface area contributed by atoms with Crippen LogP contribution < -0.4 is 25.0 Å². The number of piperazine rings is 1. The number of alkyl halides is 6. The molecule has 0 spiro atoms. The van der Waals surface area contributed by atoms with E-state index in [2.05, 4.69) is 10.1 Å². The van der Waals surface area contributed by atoms with Crippen LogP contribution >= 0.6 is 0 Å². The molecule has 268 valence electrons. The van der Waals surface area contributed by atoms with Crippen LogP contribution in [0, 0.1) is 0 Å². The van der Waals surface area contributed by atoms with Gasteiger partial charge in [-0.3, -0.25) is 14.4 Å². The lowest BCUT2D eigenvalue weighted by molar-refractivity contribution is -0.139. The van der Waals surface area contributed by atoms with Crippen molar-refractivity contribution < 1.29 is 45.4 Å². The third-order valence-corrected chi connectivity index (χ3v) is 9.18. The summed E-state index contributed by atoms with van der Waals surface area (Å²) in [5.74, 6) is -0.00813. The first-order chi connectivity index (χ1) is 23.7. The van der Waals surface area contributed by atoms with Crippen molar-refractivity contribution in [3.05, 3.63) is 69.8 Å². The molecular weight excluding hydrogens is 676 g/mol. The highest BCUT2D eigenvalue weighted by atomic mass is 19.4. The second-order valence-corrected chi connectivity index (χ2v) is 12.2. The standard InChI is InChI=1S/C32H33F6N7O5/c1-41-23-13-20(31(33,34)35)14-39-28(23)44-11-10-42(17-25(44)29(41)47)26(46)8-12-50-18-21-7-9-43(21)24-15-40-45(30(48)27(24)32(36,37)38)16-19-3-5-22(49-2)6-4-19/h3-6,13-15,21,25H,7-12,16-18H2,1-2H3/t21-,25+/m0/s1. The average Bonchev–Trinajstić information content (AvgIpc) is 3.06. The molecule has 2 amide bonds. The number of anilines is 3. The van der Waals surface area contributed by atoms with Crippen molar-refractivity contribution in [1.82, 2.24) is 19.7 Å². The molecule has 0 bridgehead atoms. The van der Waals surface area contributed by atoms with Crippen molar-refractivity contribution in [3.8, 4) is 5.75 Å². The number of halogens is 6. The maximum atomic E-state index is 14.2. The molecule has 2 saturated heterocycles. The molecule has 2 fully saturated rings. The molecule has 0 unspecified atom stereocenters. The maximum Gasteiger partial charge on any atom is 0.423 e. The molecule has 6 rings (SSSR count). The van der Waals surface area contributed by atoms with Gasteiger partial charge >= 0.3 is 12.4 Å². The smallest absolute Gasteiger partial charge is 0.423 e. The lowest BCUT2D eigenvalue weighted by atomic mass is 10.0. The number of carbonyl (C=O) groups is 2. The molecule has 12 nitrogen and oxygen atoms in total. The summed E-state index contributed by atoms with van der Waals surface area (Å²) in [7, 11) is 2.84. The fourth-order valence-electron chi connectivity index (χ4n) is 6.33. The van der Waals surface area contributed by atoms with E-state index in [1.54, 1.807) is 29.2 Å². The van der Waals surface area contributed by atoms with Crippen LogP contribution in [-0.4, -0.2) is 97.1 Å². The molecule has 3 aliphatic heterocycles. The van der Waals surface area contributed by atoms with E-state index in [-0.39, 0.29) is 75.5 Å². The summed E-state index contributed by atoms with van der Waals surface area (Å²) >= 11 is 0. The molecule has 0 aliphatic carbocycles. The van der Waals surface area contributed by atoms with Gasteiger partial charge in [-0.2, -0.15) is 31.4 Å². The zero-order valence-electron chi connectivity index (χ0n) is 27.0. The van der Waals surface area contributed by atoms with E-state index in [1.165, 1.54) is 24.0 Å². The number of hydrogen-bond acceptors (Lipinski definition) is 9. The Morgan fingerprint density at radius 3 is 2.34 bits per heavy atom. The Morgan fingerprint density at radius 2 is 1.70 bits per heavy atom. The molecule has 50 heavy (non-hydrogen) atoms. The third kappa shape index (κ3) is 6.80. The summed E-state index contributed by atoms with van der Waals surface area (Å²) in [6.07, 6.45) is -7.37. The van der Waals surface area contributed by atoms with Crippen LogP contribution in [0.15, 0.2) is 47.5 Å². The van der Waals surface area contributed by atoms with E-state index >= 15 is 0 Å². The van der Waals surface area contributed by atoms with Crippen molar-refractivity contribution in [2.45, 2.75) is 43.8 Å². The largest absolute Gasteiger partial charge is 0.497 e. The van der Waals surface area contributed by atoms with Gasteiger partial charge in [-0.25, -0.2) is 9.67 Å². The van der Waals surface area contributed by atoms with E-state index in [1.807, 2.05) is 0 Å². The SMILES string of the molecule is COc1ccc(Cn2ncc(N3CC[C@H]3COCCC(=O)N3CCN4c5ncc(C(F)(F)F)cc5N(C)C(=O)[C@H]4C3)c(C(F)(F)F)c2=O)cc1. The van der Waals surface area contributed by atoms with E-state index in [0.717, 1.165) is 28.0 Å². The first-order valence-electron chi connectivity index (χ1n) is 15.7. The topological polar surface area (TPSA) is 113 Å². The molecule has 3 aliphatic rings. The first-order valence-corrected chi connectivity index (χ1v) is 15.7. The molecule has 3 aromatic rings. The van der Waals surface area contributed by atoms with E-state index in [0.29, 0.717) is 17.7 Å². The van der Waals surface area contributed by atoms with Crippen LogP contribution in [0.3, 0.4) is 0 Å². The molecule has 0 N–H and O–H groups in total. The van der Waals surface area contributed by atoms with Gasteiger partial charge in [-0.1, -0.05) is 12.1 Å². The summed E-state index contributed by atoms with van der Waals surface area (Å²) in [5.41, 5.74) is -3.30. The fraction of sp³-hybridized carbons (Fsp3) is 0.469. The van der Waals surface area contributed by atoms with Gasteiger partial charge in [0.15, 0.2) is 5.82 Å². The van der Waals surface area contributed by atoms with E-state index in [9.17, 15) is 40.7 Å². The number of rotatable bonds is 9. The number of likely N-dealkylation sites (N-methyl/N-ethyl adjacent to an activating group) is 1. The number of pyridine rings is 1.